The van der Waals surface area contributed by atoms with Gasteiger partial charge >= 0.3 is 0 Å². The first-order valence-electron chi connectivity index (χ1n) is 6.65. The van der Waals surface area contributed by atoms with Gasteiger partial charge in [-0.1, -0.05) is 13.3 Å². The molecule has 1 heterocycles. The van der Waals surface area contributed by atoms with Gasteiger partial charge in [-0.3, -0.25) is 4.79 Å². The summed E-state index contributed by atoms with van der Waals surface area (Å²) in [6.45, 7) is 10.8. The topological polar surface area (TPSA) is 52.3 Å². The zero-order valence-electron chi connectivity index (χ0n) is 11.9. The quantitative estimate of drug-likeness (QED) is 0.804. The van der Waals surface area contributed by atoms with Crippen molar-refractivity contribution in [1.82, 2.24) is 0 Å². The SMILES string of the molecule is CCC(CN)CC(=O)C1CC(C)(C)OC1(C)C. The van der Waals surface area contributed by atoms with Crippen molar-refractivity contribution >= 4 is 5.78 Å². The third-order valence-corrected chi connectivity index (χ3v) is 3.86. The van der Waals surface area contributed by atoms with E-state index in [0.29, 0.717) is 24.7 Å². The van der Waals surface area contributed by atoms with Crippen molar-refractivity contribution in [2.24, 2.45) is 17.6 Å². The van der Waals surface area contributed by atoms with Crippen molar-refractivity contribution in [3.8, 4) is 0 Å². The lowest BCUT2D eigenvalue weighted by molar-refractivity contribution is -0.130. The van der Waals surface area contributed by atoms with E-state index < -0.39 is 0 Å². The molecule has 0 aromatic heterocycles. The van der Waals surface area contributed by atoms with E-state index in [1.165, 1.54) is 0 Å². The Labute approximate surface area is 105 Å². The first-order valence-corrected chi connectivity index (χ1v) is 6.65. The Hall–Kier alpha value is -0.410. The Morgan fingerprint density at radius 2 is 2.00 bits per heavy atom. The molecule has 1 fully saturated rings. The van der Waals surface area contributed by atoms with E-state index in [4.69, 9.17) is 10.5 Å². The second kappa shape index (κ2) is 5.07. The van der Waals surface area contributed by atoms with E-state index in [9.17, 15) is 4.79 Å². The number of carbonyl (C=O) groups excluding carboxylic acids is 1. The molecule has 0 saturated carbocycles. The molecule has 0 amide bonds. The van der Waals surface area contributed by atoms with Crippen LogP contribution in [0.5, 0.6) is 0 Å². The number of Topliss-reactive ketones (excluding diaryl/α,β-unsaturated/α-hetero) is 1. The molecule has 2 unspecified atom stereocenters. The maximum Gasteiger partial charge on any atom is 0.139 e. The van der Waals surface area contributed by atoms with Crippen LogP contribution >= 0.6 is 0 Å². The van der Waals surface area contributed by atoms with E-state index in [-0.39, 0.29) is 17.1 Å². The third-order valence-electron chi connectivity index (χ3n) is 3.86. The van der Waals surface area contributed by atoms with E-state index in [0.717, 1.165) is 12.8 Å². The summed E-state index contributed by atoms with van der Waals surface area (Å²) in [5.41, 5.74) is 5.14. The second-order valence-electron chi connectivity index (χ2n) is 6.40. The first-order chi connectivity index (χ1) is 7.72. The van der Waals surface area contributed by atoms with Crippen molar-refractivity contribution in [3.63, 3.8) is 0 Å². The Bertz CT molecular complexity index is 280. The monoisotopic (exact) mass is 241 g/mol. The van der Waals surface area contributed by atoms with Crippen molar-refractivity contribution in [2.45, 2.75) is 65.1 Å². The highest BCUT2D eigenvalue weighted by atomic mass is 16.5. The third kappa shape index (κ3) is 3.52. The summed E-state index contributed by atoms with van der Waals surface area (Å²) in [5, 5.41) is 0. The van der Waals surface area contributed by atoms with E-state index in [2.05, 4.69) is 20.8 Å². The van der Waals surface area contributed by atoms with Crippen LogP contribution in [0.1, 0.15) is 53.9 Å². The summed E-state index contributed by atoms with van der Waals surface area (Å²) in [7, 11) is 0. The zero-order chi connectivity index (χ0) is 13.3. The maximum atomic E-state index is 12.3. The molecule has 0 aromatic rings. The van der Waals surface area contributed by atoms with Gasteiger partial charge in [0.2, 0.25) is 0 Å². The molecule has 17 heavy (non-hydrogen) atoms. The minimum Gasteiger partial charge on any atom is -0.369 e. The number of hydrogen-bond acceptors (Lipinski definition) is 3. The first kappa shape index (κ1) is 14.7. The minimum atomic E-state index is -0.340. The highest BCUT2D eigenvalue weighted by Gasteiger charge is 2.48. The number of rotatable bonds is 5. The van der Waals surface area contributed by atoms with Gasteiger partial charge in [0, 0.05) is 12.3 Å². The van der Waals surface area contributed by atoms with Crippen LogP contribution in [0.15, 0.2) is 0 Å². The zero-order valence-corrected chi connectivity index (χ0v) is 11.9. The minimum absolute atomic E-state index is 0.0121. The number of carbonyl (C=O) groups is 1. The Balaban J connectivity index is 2.69. The highest BCUT2D eigenvalue weighted by molar-refractivity contribution is 5.82. The summed E-state index contributed by atoms with van der Waals surface area (Å²) in [6.07, 6.45) is 2.39. The standard InChI is InChI=1S/C14H27NO2/c1-6-10(9-15)7-12(16)11-8-13(2,3)17-14(11,4)5/h10-11H,6-9,15H2,1-5H3. The molecule has 2 atom stereocenters. The summed E-state index contributed by atoms with van der Waals surface area (Å²) >= 11 is 0. The number of nitrogens with two attached hydrogens (primary N) is 1. The molecule has 1 aliphatic rings. The van der Waals surface area contributed by atoms with E-state index >= 15 is 0 Å². The fourth-order valence-corrected chi connectivity index (χ4v) is 2.88. The average molecular weight is 241 g/mol. The molecule has 1 saturated heterocycles. The normalized spacial score (nSPS) is 28.0. The van der Waals surface area contributed by atoms with Crippen LogP contribution in [0, 0.1) is 11.8 Å². The lowest BCUT2D eigenvalue weighted by atomic mass is 9.81. The molecular formula is C14H27NO2. The van der Waals surface area contributed by atoms with Gasteiger partial charge in [0.25, 0.3) is 0 Å². The van der Waals surface area contributed by atoms with E-state index in [1.807, 2.05) is 13.8 Å². The van der Waals surface area contributed by atoms with Crippen molar-refractivity contribution < 1.29 is 9.53 Å². The van der Waals surface area contributed by atoms with Crippen molar-refractivity contribution in [1.29, 1.82) is 0 Å². The highest BCUT2D eigenvalue weighted by Crippen LogP contribution is 2.43. The smallest absolute Gasteiger partial charge is 0.139 e. The van der Waals surface area contributed by atoms with Crippen LogP contribution in [-0.4, -0.2) is 23.5 Å². The Morgan fingerprint density at radius 1 is 1.41 bits per heavy atom. The average Bonchev–Trinajstić information content (AvgIpc) is 2.43. The summed E-state index contributed by atoms with van der Waals surface area (Å²) in [4.78, 5) is 12.3. The van der Waals surface area contributed by atoms with Gasteiger partial charge in [-0.15, -0.1) is 0 Å². The second-order valence-corrected chi connectivity index (χ2v) is 6.40. The van der Waals surface area contributed by atoms with Gasteiger partial charge < -0.3 is 10.5 Å². The van der Waals surface area contributed by atoms with Gasteiger partial charge in [-0.2, -0.15) is 0 Å². The summed E-state index contributed by atoms with van der Waals surface area (Å²) in [5.74, 6) is 0.651. The van der Waals surface area contributed by atoms with E-state index in [1.54, 1.807) is 0 Å². The maximum absolute atomic E-state index is 12.3. The predicted octanol–water partition coefficient (Wildman–Crippen LogP) is 2.52. The molecule has 0 spiro atoms. The van der Waals surface area contributed by atoms with Gasteiger partial charge in [0.05, 0.1) is 11.2 Å². The molecule has 3 nitrogen and oxygen atoms in total. The number of ketones is 1. The fourth-order valence-electron chi connectivity index (χ4n) is 2.88. The van der Waals surface area contributed by atoms with Gasteiger partial charge in [0.1, 0.15) is 5.78 Å². The van der Waals surface area contributed by atoms with Crippen LogP contribution < -0.4 is 5.73 Å². The molecule has 0 aromatic carbocycles. The molecule has 2 N–H and O–H groups in total. The molecule has 0 aliphatic carbocycles. The predicted molar refractivity (Wildman–Crippen MR) is 69.8 cm³/mol. The lowest BCUT2D eigenvalue weighted by Gasteiger charge is -2.27. The van der Waals surface area contributed by atoms with Crippen LogP contribution in [0.25, 0.3) is 0 Å². The van der Waals surface area contributed by atoms with Crippen molar-refractivity contribution in [2.75, 3.05) is 6.54 Å². The van der Waals surface area contributed by atoms with Gasteiger partial charge in [-0.25, -0.2) is 0 Å². The lowest BCUT2D eigenvalue weighted by Crippen LogP contribution is -2.35. The summed E-state index contributed by atoms with van der Waals surface area (Å²) < 4.78 is 5.97. The van der Waals surface area contributed by atoms with Crippen LogP contribution in [0.2, 0.25) is 0 Å². The largest absolute Gasteiger partial charge is 0.369 e. The molecule has 100 valence electrons. The summed E-state index contributed by atoms with van der Waals surface area (Å²) in [6, 6.07) is 0. The Kier molecular flexibility index (Phi) is 4.37. The number of ether oxygens (including phenoxy) is 1. The van der Waals surface area contributed by atoms with Gasteiger partial charge in [-0.05, 0) is 46.6 Å². The van der Waals surface area contributed by atoms with Crippen molar-refractivity contribution in [3.05, 3.63) is 0 Å². The molecule has 1 rings (SSSR count). The number of hydrogen-bond donors (Lipinski definition) is 1. The van der Waals surface area contributed by atoms with Crippen LogP contribution in [-0.2, 0) is 9.53 Å². The van der Waals surface area contributed by atoms with Gasteiger partial charge in [0.15, 0.2) is 0 Å². The molecule has 1 aliphatic heterocycles. The fraction of sp³-hybridized carbons (Fsp3) is 0.929. The molecular weight excluding hydrogens is 214 g/mol. The Morgan fingerprint density at radius 3 is 2.35 bits per heavy atom. The molecule has 0 radical (unpaired) electrons. The van der Waals surface area contributed by atoms with Crippen LogP contribution in [0.4, 0.5) is 0 Å². The molecule has 3 heteroatoms. The molecule has 0 bridgehead atoms. The van der Waals surface area contributed by atoms with Crippen LogP contribution in [0.3, 0.4) is 0 Å².